The van der Waals surface area contributed by atoms with Crippen LogP contribution in [0.4, 0.5) is 0 Å². The molecule has 0 atom stereocenters. The van der Waals surface area contributed by atoms with Gasteiger partial charge in [0.15, 0.2) is 0 Å². The van der Waals surface area contributed by atoms with Crippen molar-refractivity contribution >= 4 is 5.91 Å². The van der Waals surface area contributed by atoms with Crippen LogP contribution >= 0.6 is 0 Å². The minimum Gasteiger partial charge on any atom is -0.395 e. The zero-order valence-electron chi connectivity index (χ0n) is 11.4. The molecule has 5 heteroatoms. The molecule has 0 aliphatic carbocycles. The standard InChI is InChI=1S/C14H22N2O3/c1-2-3-4-5-8-16(9-10-17)14(19)12-6-7-13(18)15-11-12/h6-7,11,17H,2-5,8-10H2,1H3,(H,15,18). The second-order valence-corrected chi connectivity index (χ2v) is 4.52. The summed E-state index contributed by atoms with van der Waals surface area (Å²) < 4.78 is 0. The fraction of sp³-hybridized carbons (Fsp3) is 0.571. The van der Waals surface area contributed by atoms with Crippen molar-refractivity contribution < 1.29 is 9.90 Å². The first-order valence-electron chi connectivity index (χ1n) is 6.78. The Kier molecular flexibility index (Phi) is 6.89. The molecule has 0 spiro atoms. The molecule has 0 fully saturated rings. The lowest BCUT2D eigenvalue weighted by Gasteiger charge is -2.21. The maximum atomic E-state index is 12.2. The minimum absolute atomic E-state index is 0.0527. The molecule has 1 amide bonds. The first-order valence-corrected chi connectivity index (χ1v) is 6.78. The van der Waals surface area contributed by atoms with E-state index in [0.29, 0.717) is 18.7 Å². The van der Waals surface area contributed by atoms with Crippen LogP contribution in [0.3, 0.4) is 0 Å². The Hall–Kier alpha value is -1.62. The van der Waals surface area contributed by atoms with Gasteiger partial charge in [-0.15, -0.1) is 0 Å². The molecule has 1 rings (SSSR count). The predicted molar refractivity (Wildman–Crippen MR) is 74.2 cm³/mol. The van der Waals surface area contributed by atoms with Crippen molar-refractivity contribution in [2.45, 2.75) is 32.6 Å². The Labute approximate surface area is 113 Å². The van der Waals surface area contributed by atoms with E-state index in [1.807, 2.05) is 0 Å². The molecule has 0 bridgehead atoms. The van der Waals surface area contributed by atoms with Gasteiger partial charge in [0.2, 0.25) is 5.56 Å². The predicted octanol–water partition coefficient (Wildman–Crippen LogP) is 1.39. The van der Waals surface area contributed by atoms with Crippen molar-refractivity contribution in [2.75, 3.05) is 19.7 Å². The number of aromatic nitrogens is 1. The average Bonchev–Trinajstić information content (AvgIpc) is 2.42. The lowest BCUT2D eigenvalue weighted by molar-refractivity contribution is 0.0718. The van der Waals surface area contributed by atoms with E-state index in [-0.39, 0.29) is 18.1 Å². The number of aliphatic hydroxyl groups excluding tert-OH is 1. The highest BCUT2D eigenvalue weighted by Crippen LogP contribution is 2.06. The van der Waals surface area contributed by atoms with E-state index in [2.05, 4.69) is 11.9 Å². The average molecular weight is 266 g/mol. The molecule has 19 heavy (non-hydrogen) atoms. The Morgan fingerprint density at radius 2 is 2.05 bits per heavy atom. The number of rotatable bonds is 8. The second-order valence-electron chi connectivity index (χ2n) is 4.52. The first kappa shape index (κ1) is 15.4. The maximum Gasteiger partial charge on any atom is 0.255 e. The van der Waals surface area contributed by atoms with E-state index in [9.17, 15) is 9.59 Å². The Morgan fingerprint density at radius 1 is 1.26 bits per heavy atom. The summed E-state index contributed by atoms with van der Waals surface area (Å²) in [6, 6.07) is 2.85. The van der Waals surface area contributed by atoms with Gasteiger partial charge in [0.1, 0.15) is 0 Å². The van der Waals surface area contributed by atoms with Gasteiger partial charge < -0.3 is 15.0 Å². The van der Waals surface area contributed by atoms with Gasteiger partial charge in [-0.2, -0.15) is 0 Å². The molecule has 0 saturated carbocycles. The van der Waals surface area contributed by atoms with Crippen molar-refractivity contribution in [2.24, 2.45) is 0 Å². The van der Waals surface area contributed by atoms with E-state index < -0.39 is 0 Å². The van der Waals surface area contributed by atoms with Crippen LogP contribution in [-0.2, 0) is 0 Å². The zero-order valence-corrected chi connectivity index (χ0v) is 11.4. The summed E-state index contributed by atoms with van der Waals surface area (Å²) in [7, 11) is 0. The zero-order chi connectivity index (χ0) is 14.1. The summed E-state index contributed by atoms with van der Waals surface area (Å²) in [5.41, 5.74) is 0.219. The van der Waals surface area contributed by atoms with Crippen LogP contribution < -0.4 is 5.56 Å². The molecule has 2 N–H and O–H groups in total. The number of aliphatic hydroxyl groups is 1. The molecule has 0 saturated heterocycles. The molecular formula is C14H22N2O3. The smallest absolute Gasteiger partial charge is 0.255 e. The lowest BCUT2D eigenvalue weighted by Crippen LogP contribution is -2.34. The topological polar surface area (TPSA) is 73.4 Å². The number of pyridine rings is 1. The van der Waals surface area contributed by atoms with Crippen molar-refractivity contribution in [1.82, 2.24) is 9.88 Å². The number of unbranched alkanes of at least 4 members (excludes halogenated alkanes) is 3. The van der Waals surface area contributed by atoms with Gasteiger partial charge in [0.05, 0.1) is 12.2 Å². The summed E-state index contributed by atoms with van der Waals surface area (Å²) in [5.74, 6) is -0.151. The van der Waals surface area contributed by atoms with Crippen LogP contribution in [0.15, 0.2) is 23.1 Å². The van der Waals surface area contributed by atoms with E-state index in [1.54, 1.807) is 4.90 Å². The fourth-order valence-electron chi connectivity index (χ4n) is 1.89. The van der Waals surface area contributed by atoms with E-state index in [4.69, 9.17) is 5.11 Å². The Balaban J connectivity index is 2.61. The van der Waals surface area contributed by atoms with E-state index >= 15 is 0 Å². The number of hydrogen-bond acceptors (Lipinski definition) is 3. The highest BCUT2D eigenvalue weighted by molar-refractivity contribution is 5.93. The minimum atomic E-state index is -0.229. The maximum absolute atomic E-state index is 12.2. The highest BCUT2D eigenvalue weighted by Gasteiger charge is 2.14. The quantitative estimate of drug-likeness (QED) is 0.698. The monoisotopic (exact) mass is 266 g/mol. The van der Waals surface area contributed by atoms with Crippen LogP contribution in [0, 0.1) is 0 Å². The number of hydrogen-bond donors (Lipinski definition) is 2. The van der Waals surface area contributed by atoms with Crippen LogP contribution in [0.25, 0.3) is 0 Å². The normalized spacial score (nSPS) is 10.4. The lowest BCUT2D eigenvalue weighted by atomic mass is 10.2. The summed E-state index contributed by atoms with van der Waals surface area (Å²) in [4.78, 5) is 27.3. The third-order valence-electron chi connectivity index (χ3n) is 2.97. The summed E-state index contributed by atoms with van der Waals surface area (Å²) in [6.45, 7) is 3.04. The third kappa shape index (κ3) is 5.26. The molecule has 1 aromatic rings. The Bertz CT molecular complexity index is 422. The number of carbonyl (C=O) groups is 1. The molecule has 1 aromatic heterocycles. The van der Waals surface area contributed by atoms with Gasteiger partial charge >= 0.3 is 0 Å². The molecule has 0 aliphatic rings. The number of amides is 1. The van der Waals surface area contributed by atoms with Gasteiger partial charge in [-0.25, -0.2) is 0 Å². The van der Waals surface area contributed by atoms with Crippen molar-refractivity contribution in [3.05, 3.63) is 34.2 Å². The first-order chi connectivity index (χ1) is 9.19. The van der Waals surface area contributed by atoms with Crippen LogP contribution in [0.5, 0.6) is 0 Å². The van der Waals surface area contributed by atoms with Crippen LogP contribution in [0.2, 0.25) is 0 Å². The van der Waals surface area contributed by atoms with Crippen molar-refractivity contribution in [1.29, 1.82) is 0 Å². The second kappa shape index (κ2) is 8.48. The number of nitrogens with zero attached hydrogens (tertiary/aromatic N) is 1. The molecule has 106 valence electrons. The van der Waals surface area contributed by atoms with Gasteiger partial charge in [-0.3, -0.25) is 9.59 Å². The number of H-pyrrole nitrogens is 1. The molecular weight excluding hydrogens is 244 g/mol. The van der Waals surface area contributed by atoms with E-state index in [0.717, 1.165) is 25.7 Å². The van der Waals surface area contributed by atoms with Crippen molar-refractivity contribution in [3.8, 4) is 0 Å². The summed E-state index contributed by atoms with van der Waals surface area (Å²) in [6.07, 6.45) is 5.73. The fourth-order valence-corrected chi connectivity index (χ4v) is 1.89. The van der Waals surface area contributed by atoms with Gasteiger partial charge in [-0.1, -0.05) is 26.2 Å². The number of aromatic amines is 1. The third-order valence-corrected chi connectivity index (χ3v) is 2.97. The molecule has 0 radical (unpaired) electrons. The SMILES string of the molecule is CCCCCCN(CCO)C(=O)c1ccc(=O)[nH]c1. The summed E-state index contributed by atoms with van der Waals surface area (Å²) >= 11 is 0. The van der Waals surface area contributed by atoms with Gasteiger partial charge in [0, 0.05) is 25.4 Å². The Morgan fingerprint density at radius 3 is 2.63 bits per heavy atom. The van der Waals surface area contributed by atoms with Crippen molar-refractivity contribution in [3.63, 3.8) is 0 Å². The number of carbonyl (C=O) groups excluding carboxylic acids is 1. The van der Waals surface area contributed by atoms with E-state index in [1.165, 1.54) is 18.3 Å². The molecule has 0 unspecified atom stereocenters. The highest BCUT2D eigenvalue weighted by atomic mass is 16.3. The van der Waals surface area contributed by atoms with Gasteiger partial charge in [0.25, 0.3) is 5.91 Å². The molecule has 5 nitrogen and oxygen atoms in total. The molecule has 1 heterocycles. The van der Waals surface area contributed by atoms with Crippen LogP contribution in [0.1, 0.15) is 43.0 Å². The van der Waals surface area contributed by atoms with Gasteiger partial charge in [-0.05, 0) is 12.5 Å². The molecule has 0 aliphatic heterocycles. The van der Waals surface area contributed by atoms with Crippen LogP contribution in [-0.4, -0.2) is 40.6 Å². The largest absolute Gasteiger partial charge is 0.395 e. The molecule has 0 aromatic carbocycles. The number of nitrogens with one attached hydrogen (secondary N) is 1. The summed E-state index contributed by atoms with van der Waals surface area (Å²) in [5, 5.41) is 9.03.